The maximum atomic E-state index is 13.7. The third-order valence-corrected chi connectivity index (χ3v) is 8.73. The molecule has 1 aliphatic rings. The molecule has 7 nitrogen and oxygen atoms in total. The SMILES string of the molecule is C[C@H](C(=O)NC1CCCCC1)N(Cc1ccc(Cl)c(Cl)c1)C(=O)CN(c1cc(Cl)ccc1Cl)S(C)(=O)=O. The van der Waals surface area contributed by atoms with Gasteiger partial charge in [-0.2, -0.15) is 0 Å². The Hall–Kier alpha value is -1.71. The van der Waals surface area contributed by atoms with Crippen LogP contribution in [0.25, 0.3) is 0 Å². The Morgan fingerprint density at radius 1 is 0.973 bits per heavy atom. The fourth-order valence-corrected chi connectivity index (χ4v) is 5.87. The predicted molar refractivity (Wildman–Crippen MR) is 150 cm³/mol. The molecule has 0 unspecified atom stereocenters. The van der Waals surface area contributed by atoms with Gasteiger partial charge in [0.2, 0.25) is 21.8 Å². The number of halogens is 4. The second-order valence-electron chi connectivity index (χ2n) is 9.15. The van der Waals surface area contributed by atoms with Crippen molar-refractivity contribution in [3.05, 3.63) is 62.1 Å². The van der Waals surface area contributed by atoms with E-state index in [9.17, 15) is 18.0 Å². The maximum absolute atomic E-state index is 13.7. The van der Waals surface area contributed by atoms with Gasteiger partial charge in [0.05, 0.1) is 27.0 Å². The fraction of sp³-hybridized carbons (Fsp3) is 0.440. The van der Waals surface area contributed by atoms with Gasteiger partial charge >= 0.3 is 0 Å². The third kappa shape index (κ3) is 8.14. The average Bonchev–Trinajstić information content (AvgIpc) is 2.84. The summed E-state index contributed by atoms with van der Waals surface area (Å²) in [6, 6.07) is 8.41. The molecule has 37 heavy (non-hydrogen) atoms. The largest absolute Gasteiger partial charge is 0.352 e. The predicted octanol–water partition coefficient (Wildman–Crippen LogP) is 5.93. The molecule has 0 bridgehead atoms. The second kappa shape index (κ2) is 12.9. The van der Waals surface area contributed by atoms with E-state index in [0.29, 0.717) is 15.6 Å². The molecule has 1 saturated carbocycles. The van der Waals surface area contributed by atoms with Crippen LogP contribution in [0.2, 0.25) is 20.1 Å². The lowest BCUT2D eigenvalue weighted by Gasteiger charge is -2.33. The summed E-state index contributed by atoms with van der Waals surface area (Å²) in [4.78, 5) is 28.2. The van der Waals surface area contributed by atoms with Crippen LogP contribution in [0.5, 0.6) is 0 Å². The average molecular weight is 609 g/mol. The molecule has 0 radical (unpaired) electrons. The smallest absolute Gasteiger partial charge is 0.244 e. The van der Waals surface area contributed by atoms with E-state index in [1.807, 2.05) is 0 Å². The van der Waals surface area contributed by atoms with Gasteiger partial charge in [-0.15, -0.1) is 0 Å². The first kappa shape index (κ1) is 29.8. The number of nitrogens with zero attached hydrogens (tertiary/aromatic N) is 2. The van der Waals surface area contributed by atoms with Gasteiger partial charge < -0.3 is 10.2 Å². The van der Waals surface area contributed by atoms with E-state index in [-0.39, 0.29) is 34.2 Å². The van der Waals surface area contributed by atoms with Crippen molar-refractivity contribution >= 4 is 73.9 Å². The number of hydrogen-bond donors (Lipinski definition) is 1. The van der Waals surface area contributed by atoms with Crippen LogP contribution in [-0.4, -0.2) is 50.0 Å². The Morgan fingerprint density at radius 2 is 1.62 bits per heavy atom. The summed E-state index contributed by atoms with van der Waals surface area (Å²) >= 11 is 24.6. The number of hydrogen-bond acceptors (Lipinski definition) is 4. The zero-order chi connectivity index (χ0) is 27.3. The van der Waals surface area contributed by atoms with Crippen LogP contribution in [0.3, 0.4) is 0 Å². The number of nitrogens with one attached hydrogen (secondary N) is 1. The Labute approximate surface area is 238 Å². The first-order chi connectivity index (χ1) is 17.4. The summed E-state index contributed by atoms with van der Waals surface area (Å²) in [6.45, 7) is 1.04. The van der Waals surface area contributed by atoms with E-state index in [4.69, 9.17) is 46.4 Å². The summed E-state index contributed by atoms with van der Waals surface area (Å²) in [5, 5.41) is 4.06. The molecular formula is C25H29Cl4N3O4S. The number of carbonyl (C=O) groups is 2. The molecule has 0 aliphatic heterocycles. The molecule has 1 atom stereocenters. The molecule has 2 amide bonds. The van der Waals surface area contributed by atoms with E-state index in [2.05, 4.69) is 5.32 Å². The third-order valence-electron chi connectivity index (χ3n) is 6.31. The molecule has 2 aromatic rings. The topological polar surface area (TPSA) is 86.8 Å². The zero-order valence-corrected chi connectivity index (χ0v) is 24.4. The standard InChI is InChI=1S/C25H29Cl4N3O4S/c1-16(25(34)30-19-6-4-3-5-7-19)31(14-17-8-10-20(27)22(29)12-17)24(33)15-32(37(2,35)36)23-13-18(26)9-11-21(23)28/h8-13,16,19H,3-7,14-15H2,1-2H3,(H,30,34)/t16-/m1/s1. The highest BCUT2D eigenvalue weighted by Gasteiger charge is 2.32. The minimum absolute atomic E-state index is 0.00978. The molecule has 1 N–H and O–H groups in total. The number of rotatable bonds is 9. The van der Waals surface area contributed by atoms with Crippen molar-refractivity contribution in [3.8, 4) is 0 Å². The lowest BCUT2D eigenvalue weighted by molar-refractivity contribution is -0.139. The molecule has 1 fully saturated rings. The second-order valence-corrected chi connectivity index (χ2v) is 12.7. The van der Waals surface area contributed by atoms with Gasteiger partial charge in [0, 0.05) is 17.6 Å². The number of benzene rings is 2. The van der Waals surface area contributed by atoms with Crippen molar-refractivity contribution in [2.75, 3.05) is 17.1 Å². The van der Waals surface area contributed by atoms with Gasteiger partial charge in [0.1, 0.15) is 12.6 Å². The summed E-state index contributed by atoms with van der Waals surface area (Å²) < 4.78 is 26.3. The number of sulfonamides is 1. The van der Waals surface area contributed by atoms with Crippen LogP contribution >= 0.6 is 46.4 Å². The zero-order valence-electron chi connectivity index (χ0n) is 20.5. The van der Waals surface area contributed by atoms with E-state index in [1.54, 1.807) is 25.1 Å². The minimum Gasteiger partial charge on any atom is -0.352 e. The molecule has 2 aromatic carbocycles. The van der Waals surface area contributed by atoms with Gasteiger partial charge in [-0.25, -0.2) is 8.42 Å². The van der Waals surface area contributed by atoms with Crippen molar-refractivity contribution in [1.29, 1.82) is 0 Å². The van der Waals surface area contributed by atoms with Gasteiger partial charge in [0.15, 0.2) is 0 Å². The highest BCUT2D eigenvalue weighted by atomic mass is 35.5. The van der Waals surface area contributed by atoms with Crippen LogP contribution in [0.15, 0.2) is 36.4 Å². The van der Waals surface area contributed by atoms with Gasteiger partial charge in [-0.1, -0.05) is 71.7 Å². The van der Waals surface area contributed by atoms with Gasteiger partial charge in [-0.3, -0.25) is 13.9 Å². The van der Waals surface area contributed by atoms with Gasteiger partial charge in [0.25, 0.3) is 0 Å². The van der Waals surface area contributed by atoms with E-state index in [0.717, 1.165) is 42.7 Å². The summed E-state index contributed by atoms with van der Waals surface area (Å²) in [5.41, 5.74) is 0.700. The van der Waals surface area contributed by atoms with E-state index in [1.165, 1.54) is 23.1 Å². The highest BCUT2D eigenvalue weighted by molar-refractivity contribution is 7.92. The van der Waals surface area contributed by atoms with Crippen LogP contribution in [-0.2, 0) is 26.2 Å². The lowest BCUT2D eigenvalue weighted by Crippen LogP contribution is -2.53. The molecule has 0 aromatic heterocycles. The quantitative estimate of drug-likeness (QED) is 0.382. The summed E-state index contributed by atoms with van der Waals surface area (Å²) in [5.74, 6) is -0.911. The molecule has 1 aliphatic carbocycles. The van der Waals surface area contributed by atoms with E-state index < -0.39 is 28.5 Å². The maximum Gasteiger partial charge on any atom is 0.244 e. The highest BCUT2D eigenvalue weighted by Crippen LogP contribution is 2.31. The molecule has 3 rings (SSSR count). The Kier molecular flexibility index (Phi) is 10.4. The first-order valence-corrected chi connectivity index (χ1v) is 15.2. The van der Waals surface area contributed by atoms with Crippen LogP contribution in [0, 0.1) is 0 Å². The number of carbonyl (C=O) groups excluding carboxylic acids is 2. The Morgan fingerprint density at radius 3 is 2.24 bits per heavy atom. The molecule has 0 heterocycles. The molecular weight excluding hydrogens is 580 g/mol. The van der Waals surface area contributed by atoms with Crippen molar-refractivity contribution in [2.24, 2.45) is 0 Å². The first-order valence-electron chi connectivity index (χ1n) is 11.8. The van der Waals surface area contributed by atoms with Crippen LogP contribution in [0.1, 0.15) is 44.6 Å². The van der Waals surface area contributed by atoms with Crippen molar-refractivity contribution in [1.82, 2.24) is 10.2 Å². The van der Waals surface area contributed by atoms with Gasteiger partial charge in [-0.05, 0) is 55.7 Å². The monoisotopic (exact) mass is 607 g/mol. The summed E-state index contributed by atoms with van der Waals surface area (Å²) in [6.07, 6.45) is 5.95. The van der Waals surface area contributed by atoms with Crippen molar-refractivity contribution < 1.29 is 18.0 Å². The molecule has 202 valence electrons. The van der Waals surface area contributed by atoms with Crippen molar-refractivity contribution in [2.45, 2.75) is 57.7 Å². The molecule has 0 spiro atoms. The van der Waals surface area contributed by atoms with Crippen LogP contribution in [0.4, 0.5) is 5.69 Å². The molecule has 12 heteroatoms. The Bertz CT molecular complexity index is 1250. The Balaban J connectivity index is 1.92. The van der Waals surface area contributed by atoms with E-state index >= 15 is 0 Å². The normalized spacial score (nSPS) is 15.2. The minimum atomic E-state index is -3.94. The summed E-state index contributed by atoms with van der Waals surface area (Å²) in [7, 11) is -3.94. The number of anilines is 1. The molecule has 0 saturated heterocycles. The fourth-order valence-electron chi connectivity index (χ4n) is 4.26. The van der Waals surface area contributed by atoms with Crippen molar-refractivity contribution in [3.63, 3.8) is 0 Å². The lowest BCUT2D eigenvalue weighted by atomic mass is 9.95. The number of amides is 2. The van der Waals surface area contributed by atoms with Crippen LogP contribution < -0.4 is 9.62 Å².